The molecule has 9 heteroatoms. The molecule has 9 nitrogen and oxygen atoms in total. The first kappa shape index (κ1) is 18.2. The van der Waals surface area contributed by atoms with Crippen molar-refractivity contribution in [3.8, 4) is 17.3 Å². The molecular weight excluding hydrogens is 348 g/mol. The van der Waals surface area contributed by atoms with Gasteiger partial charge in [0, 0.05) is 17.8 Å². The summed E-state index contributed by atoms with van der Waals surface area (Å²) in [5.74, 6) is 2.01. The highest BCUT2D eigenvalue weighted by Crippen LogP contribution is 2.29. The van der Waals surface area contributed by atoms with E-state index in [1.165, 1.54) is 13.4 Å². The second-order valence-electron chi connectivity index (χ2n) is 5.75. The fourth-order valence-electron chi connectivity index (χ4n) is 2.57. The lowest BCUT2D eigenvalue weighted by Gasteiger charge is -2.12. The summed E-state index contributed by atoms with van der Waals surface area (Å²) in [5.41, 5.74) is 2.29. The number of aryl methyl sites for hydroxylation is 2. The third-order valence-corrected chi connectivity index (χ3v) is 3.78. The molecule has 0 atom stereocenters. The predicted octanol–water partition coefficient (Wildman–Crippen LogP) is 2.94. The van der Waals surface area contributed by atoms with Gasteiger partial charge >= 0.3 is 6.03 Å². The molecule has 0 radical (unpaired) electrons. The summed E-state index contributed by atoms with van der Waals surface area (Å²) in [6.45, 7) is 3.83. The number of methoxy groups -OCH3 is 2. The predicted molar refractivity (Wildman–Crippen MR) is 101 cm³/mol. The molecule has 2 amide bonds. The van der Waals surface area contributed by atoms with Crippen molar-refractivity contribution in [1.82, 2.24) is 19.7 Å². The Morgan fingerprint density at radius 3 is 2.52 bits per heavy atom. The third-order valence-electron chi connectivity index (χ3n) is 3.78. The number of hydrogen-bond acceptors (Lipinski definition) is 6. The van der Waals surface area contributed by atoms with Gasteiger partial charge in [0.15, 0.2) is 5.82 Å². The van der Waals surface area contributed by atoms with E-state index in [0.717, 1.165) is 11.4 Å². The van der Waals surface area contributed by atoms with Crippen molar-refractivity contribution in [3.63, 3.8) is 0 Å². The molecule has 0 aliphatic heterocycles. The van der Waals surface area contributed by atoms with Crippen LogP contribution in [0.2, 0.25) is 0 Å². The minimum absolute atomic E-state index is 0.340. The minimum Gasteiger partial charge on any atom is -0.497 e. The summed E-state index contributed by atoms with van der Waals surface area (Å²) in [7, 11) is 3.07. The van der Waals surface area contributed by atoms with Crippen LogP contribution in [0.5, 0.6) is 11.5 Å². The number of anilines is 2. The van der Waals surface area contributed by atoms with E-state index in [1.54, 1.807) is 36.1 Å². The Kier molecular flexibility index (Phi) is 5.20. The van der Waals surface area contributed by atoms with E-state index in [9.17, 15) is 4.79 Å². The highest BCUT2D eigenvalue weighted by atomic mass is 16.5. The Labute approximate surface area is 156 Å². The van der Waals surface area contributed by atoms with E-state index < -0.39 is 6.03 Å². The standard InChI is InChI=1S/C18H20N6O3/c1-11-7-12(2)24(23-11)17-9-16(19-10-20-17)22-18(25)21-14-8-13(26-3)5-6-15(14)27-4/h5-10H,1-4H3,(H2,19,20,21,22,25). The Hall–Kier alpha value is -3.62. The monoisotopic (exact) mass is 368 g/mol. The van der Waals surface area contributed by atoms with Crippen LogP contribution < -0.4 is 20.1 Å². The number of carbonyl (C=O) groups is 1. The van der Waals surface area contributed by atoms with Crippen LogP contribution in [0.25, 0.3) is 5.82 Å². The zero-order valence-corrected chi connectivity index (χ0v) is 15.5. The number of aromatic nitrogens is 4. The number of carbonyl (C=O) groups excluding carboxylic acids is 1. The third kappa shape index (κ3) is 4.14. The molecule has 3 aromatic rings. The van der Waals surface area contributed by atoms with E-state index in [1.807, 2.05) is 19.9 Å². The number of hydrogen-bond donors (Lipinski definition) is 2. The quantitative estimate of drug-likeness (QED) is 0.718. The van der Waals surface area contributed by atoms with Gasteiger partial charge in [-0.3, -0.25) is 5.32 Å². The highest BCUT2D eigenvalue weighted by Gasteiger charge is 2.11. The Bertz CT molecular complexity index is 969. The Morgan fingerprint density at radius 1 is 1.04 bits per heavy atom. The molecule has 2 N–H and O–H groups in total. The van der Waals surface area contributed by atoms with E-state index in [2.05, 4.69) is 25.7 Å². The number of nitrogens with zero attached hydrogens (tertiary/aromatic N) is 4. The molecule has 1 aromatic carbocycles. The lowest BCUT2D eigenvalue weighted by molar-refractivity contribution is 0.262. The van der Waals surface area contributed by atoms with E-state index >= 15 is 0 Å². The summed E-state index contributed by atoms with van der Waals surface area (Å²) in [4.78, 5) is 20.7. The van der Waals surface area contributed by atoms with Gasteiger partial charge in [0.05, 0.1) is 25.6 Å². The first-order valence-corrected chi connectivity index (χ1v) is 8.16. The van der Waals surface area contributed by atoms with Crippen molar-refractivity contribution in [2.45, 2.75) is 13.8 Å². The SMILES string of the molecule is COc1ccc(OC)c(NC(=O)Nc2cc(-n3nc(C)cc3C)ncn2)c1. The molecule has 3 rings (SSSR count). The van der Waals surface area contributed by atoms with Crippen LogP contribution in [0.15, 0.2) is 36.7 Å². The highest BCUT2D eigenvalue weighted by molar-refractivity contribution is 6.00. The second kappa shape index (κ2) is 7.73. The summed E-state index contributed by atoms with van der Waals surface area (Å²) < 4.78 is 12.1. The molecule has 27 heavy (non-hydrogen) atoms. The van der Waals surface area contributed by atoms with Gasteiger partial charge in [-0.1, -0.05) is 0 Å². The molecule has 0 bridgehead atoms. The summed E-state index contributed by atoms with van der Waals surface area (Å²) in [6, 6.07) is 8.23. The molecule has 0 unspecified atom stereocenters. The lowest BCUT2D eigenvalue weighted by Crippen LogP contribution is -2.21. The van der Waals surface area contributed by atoms with Crippen molar-refractivity contribution in [1.29, 1.82) is 0 Å². The number of ether oxygens (including phenoxy) is 2. The first-order valence-electron chi connectivity index (χ1n) is 8.16. The maximum Gasteiger partial charge on any atom is 0.324 e. The lowest BCUT2D eigenvalue weighted by atomic mass is 10.2. The largest absolute Gasteiger partial charge is 0.497 e. The molecule has 0 spiro atoms. The second-order valence-corrected chi connectivity index (χ2v) is 5.75. The van der Waals surface area contributed by atoms with E-state index in [4.69, 9.17) is 9.47 Å². The fourth-order valence-corrected chi connectivity index (χ4v) is 2.57. The maximum absolute atomic E-state index is 12.4. The van der Waals surface area contributed by atoms with Gasteiger partial charge in [0.25, 0.3) is 0 Å². The van der Waals surface area contributed by atoms with Crippen LogP contribution in [0, 0.1) is 13.8 Å². The van der Waals surface area contributed by atoms with Gasteiger partial charge in [-0.2, -0.15) is 5.10 Å². The molecule has 0 aliphatic carbocycles. The number of amides is 2. The number of rotatable bonds is 5. The van der Waals surface area contributed by atoms with Crippen molar-refractivity contribution in [3.05, 3.63) is 48.0 Å². The van der Waals surface area contributed by atoms with Crippen molar-refractivity contribution < 1.29 is 14.3 Å². The summed E-state index contributed by atoms with van der Waals surface area (Å²) >= 11 is 0. The first-order chi connectivity index (χ1) is 13.0. The maximum atomic E-state index is 12.4. The zero-order valence-electron chi connectivity index (χ0n) is 15.5. The van der Waals surface area contributed by atoms with E-state index in [-0.39, 0.29) is 0 Å². The van der Waals surface area contributed by atoms with Gasteiger partial charge in [-0.25, -0.2) is 19.4 Å². The molecule has 0 saturated heterocycles. The fraction of sp³-hybridized carbons (Fsp3) is 0.222. The number of urea groups is 1. The minimum atomic E-state index is -0.473. The summed E-state index contributed by atoms with van der Waals surface area (Å²) in [5, 5.41) is 9.78. The molecule has 0 fully saturated rings. The Balaban J connectivity index is 1.77. The topological polar surface area (TPSA) is 103 Å². The molecule has 2 heterocycles. The van der Waals surface area contributed by atoms with Crippen LogP contribution in [0.1, 0.15) is 11.4 Å². The van der Waals surface area contributed by atoms with Crippen molar-refractivity contribution in [2.75, 3.05) is 24.9 Å². The van der Waals surface area contributed by atoms with E-state index in [0.29, 0.717) is 28.8 Å². The van der Waals surface area contributed by atoms with Gasteiger partial charge in [0.1, 0.15) is 23.6 Å². The molecule has 140 valence electrons. The molecule has 0 saturated carbocycles. The Morgan fingerprint density at radius 2 is 1.85 bits per heavy atom. The number of nitrogens with one attached hydrogen (secondary N) is 2. The average Bonchev–Trinajstić information content (AvgIpc) is 3.00. The van der Waals surface area contributed by atoms with Crippen LogP contribution >= 0.6 is 0 Å². The van der Waals surface area contributed by atoms with Crippen LogP contribution in [0.4, 0.5) is 16.3 Å². The molecule has 2 aromatic heterocycles. The average molecular weight is 368 g/mol. The number of benzene rings is 1. The van der Waals surface area contributed by atoms with Gasteiger partial charge in [0.2, 0.25) is 0 Å². The smallest absolute Gasteiger partial charge is 0.324 e. The van der Waals surface area contributed by atoms with Crippen LogP contribution in [-0.2, 0) is 0 Å². The summed E-state index contributed by atoms with van der Waals surface area (Å²) in [6.07, 6.45) is 1.37. The van der Waals surface area contributed by atoms with Crippen LogP contribution in [-0.4, -0.2) is 40.0 Å². The van der Waals surface area contributed by atoms with Gasteiger partial charge < -0.3 is 14.8 Å². The normalized spacial score (nSPS) is 10.4. The molecular formula is C18H20N6O3. The van der Waals surface area contributed by atoms with Gasteiger partial charge in [-0.05, 0) is 32.0 Å². The van der Waals surface area contributed by atoms with Crippen molar-refractivity contribution in [2.24, 2.45) is 0 Å². The zero-order chi connectivity index (χ0) is 19.4. The van der Waals surface area contributed by atoms with Gasteiger partial charge in [-0.15, -0.1) is 0 Å². The van der Waals surface area contributed by atoms with Crippen LogP contribution in [0.3, 0.4) is 0 Å². The molecule has 0 aliphatic rings. The van der Waals surface area contributed by atoms with Crippen molar-refractivity contribution >= 4 is 17.5 Å².